The minimum absolute atomic E-state index is 0.504. The summed E-state index contributed by atoms with van der Waals surface area (Å²) in [5.74, 6) is 1.77. The molecule has 1 heterocycles. The van der Waals surface area contributed by atoms with Gasteiger partial charge in [0.15, 0.2) is 0 Å². The molecule has 4 heteroatoms. The summed E-state index contributed by atoms with van der Waals surface area (Å²) in [6.45, 7) is 6.49. The van der Waals surface area contributed by atoms with Gasteiger partial charge in [-0.1, -0.05) is 13.3 Å². The average molecular weight is 195 g/mol. The number of anilines is 1. The summed E-state index contributed by atoms with van der Waals surface area (Å²) in [6, 6.07) is 0. The summed E-state index contributed by atoms with van der Waals surface area (Å²) >= 11 is 0. The predicted octanol–water partition coefficient (Wildman–Crippen LogP) is 1.85. The molecule has 2 N–H and O–H groups in total. The number of aryl methyl sites for hydroxylation is 1. The van der Waals surface area contributed by atoms with Crippen molar-refractivity contribution in [3.05, 3.63) is 11.4 Å². The number of hydrogen-bond acceptors (Lipinski definition) is 4. The normalized spacial score (nSPS) is 10.2. The van der Waals surface area contributed by atoms with E-state index in [1.165, 1.54) is 0 Å². The maximum Gasteiger partial charge on any atom is 0.221 e. The second-order valence-corrected chi connectivity index (χ2v) is 3.29. The highest BCUT2D eigenvalue weighted by Gasteiger charge is 2.06. The molecule has 1 aromatic rings. The zero-order valence-electron chi connectivity index (χ0n) is 9.00. The molecule has 0 aliphatic heterocycles. The van der Waals surface area contributed by atoms with E-state index < -0.39 is 0 Å². The van der Waals surface area contributed by atoms with Crippen molar-refractivity contribution in [3.8, 4) is 5.88 Å². The molecule has 1 rings (SSSR count). The minimum Gasteiger partial charge on any atom is -0.477 e. The Balaban J connectivity index is 2.75. The maximum atomic E-state index is 5.69. The van der Waals surface area contributed by atoms with Crippen LogP contribution in [0.4, 0.5) is 5.82 Å². The zero-order valence-corrected chi connectivity index (χ0v) is 9.00. The van der Waals surface area contributed by atoms with E-state index in [1.54, 1.807) is 0 Å². The fourth-order valence-electron chi connectivity index (χ4n) is 1.08. The van der Waals surface area contributed by atoms with Crippen LogP contribution in [-0.4, -0.2) is 16.6 Å². The summed E-state index contributed by atoms with van der Waals surface area (Å²) in [6.07, 6.45) is 2.14. The number of nitrogen functional groups attached to an aromatic ring is 1. The third-order valence-corrected chi connectivity index (χ3v) is 1.99. The highest BCUT2D eigenvalue weighted by atomic mass is 16.5. The molecule has 0 fully saturated rings. The Bertz CT molecular complexity index is 312. The Morgan fingerprint density at radius 1 is 1.29 bits per heavy atom. The minimum atomic E-state index is 0.504. The molecule has 0 aliphatic rings. The first-order valence-corrected chi connectivity index (χ1v) is 4.88. The standard InChI is InChI=1S/C10H17N3O/c1-4-5-6-14-10-7(2)9(11)12-8(3)13-10/h4-6H2,1-3H3,(H2,11,12,13). The monoisotopic (exact) mass is 195 g/mol. The van der Waals surface area contributed by atoms with Crippen LogP contribution in [0.3, 0.4) is 0 Å². The van der Waals surface area contributed by atoms with Gasteiger partial charge in [-0.25, -0.2) is 4.98 Å². The van der Waals surface area contributed by atoms with Crippen molar-refractivity contribution in [3.63, 3.8) is 0 Å². The van der Waals surface area contributed by atoms with Gasteiger partial charge in [-0.15, -0.1) is 0 Å². The van der Waals surface area contributed by atoms with Gasteiger partial charge in [-0.3, -0.25) is 0 Å². The Hall–Kier alpha value is -1.32. The molecule has 0 bridgehead atoms. The van der Waals surface area contributed by atoms with Gasteiger partial charge in [0.25, 0.3) is 0 Å². The van der Waals surface area contributed by atoms with E-state index in [9.17, 15) is 0 Å². The van der Waals surface area contributed by atoms with Crippen LogP contribution in [0.25, 0.3) is 0 Å². The van der Waals surface area contributed by atoms with Crippen molar-refractivity contribution in [2.24, 2.45) is 0 Å². The SMILES string of the molecule is CCCCOc1nc(C)nc(N)c1C. The first-order chi connectivity index (χ1) is 6.65. The smallest absolute Gasteiger partial charge is 0.221 e. The van der Waals surface area contributed by atoms with E-state index in [4.69, 9.17) is 10.5 Å². The molecule has 1 aromatic heterocycles. The molecule has 78 valence electrons. The number of nitrogens with zero attached hydrogens (tertiary/aromatic N) is 2. The fourth-order valence-corrected chi connectivity index (χ4v) is 1.08. The number of hydrogen-bond donors (Lipinski definition) is 1. The van der Waals surface area contributed by atoms with Gasteiger partial charge in [0.05, 0.1) is 12.2 Å². The lowest BCUT2D eigenvalue weighted by Gasteiger charge is -2.09. The molecular formula is C10H17N3O. The van der Waals surface area contributed by atoms with Gasteiger partial charge in [-0.05, 0) is 20.3 Å². The third kappa shape index (κ3) is 2.58. The molecular weight excluding hydrogens is 178 g/mol. The number of unbranched alkanes of at least 4 members (excludes halogenated alkanes) is 1. The summed E-state index contributed by atoms with van der Waals surface area (Å²) in [5.41, 5.74) is 6.52. The lowest BCUT2D eigenvalue weighted by molar-refractivity contribution is 0.294. The third-order valence-electron chi connectivity index (χ3n) is 1.99. The van der Waals surface area contributed by atoms with E-state index in [2.05, 4.69) is 16.9 Å². The molecule has 4 nitrogen and oxygen atoms in total. The van der Waals surface area contributed by atoms with Crippen molar-refractivity contribution < 1.29 is 4.74 Å². The van der Waals surface area contributed by atoms with Crippen molar-refractivity contribution in [2.45, 2.75) is 33.6 Å². The average Bonchev–Trinajstić information content (AvgIpc) is 2.13. The molecule has 0 amide bonds. The van der Waals surface area contributed by atoms with Crippen molar-refractivity contribution >= 4 is 5.82 Å². The molecule has 14 heavy (non-hydrogen) atoms. The summed E-state index contributed by atoms with van der Waals surface area (Å²) in [5, 5.41) is 0. The van der Waals surface area contributed by atoms with E-state index in [-0.39, 0.29) is 0 Å². The molecule has 0 radical (unpaired) electrons. The second kappa shape index (κ2) is 4.79. The maximum absolute atomic E-state index is 5.69. The summed E-state index contributed by atoms with van der Waals surface area (Å²) in [4.78, 5) is 8.24. The van der Waals surface area contributed by atoms with E-state index in [0.29, 0.717) is 24.1 Å². The van der Waals surface area contributed by atoms with Gasteiger partial charge >= 0.3 is 0 Å². The Labute approximate surface area is 84.5 Å². The number of nitrogens with two attached hydrogens (primary N) is 1. The van der Waals surface area contributed by atoms with Gasteiger partial charge in [0, 0.05) is 0 Å². The molecule has 0 atom stereocenters. The molecule has 0 aliphatic carbocycles. The Kier molecular flexibility index (Phi) is 3.68. The van der Waals surface area contributed by atoms with E-state index in [1.807, 2.05) is 13.8 Å². The lowest BCUT2D eigenvalue weighted by Crippen LogP contribution is -2.06. The Morgan fingerprint density at radius 3 is 2.64 bits per heavy atom. The molecule has 0 aromatic carbocycles. The molecule has 0 saturated carbocycles. The molecule has 0 spiro atoms. The highest BCUT2D eigenvalue weighted by Crippen LogP contribution is 2.19. The Morgan fingerprint density at radius 2 is 2.00 bits per heavy atom. The van der Waals surface area contributed by atoms with Gasteiger partial charge in [-0.2, -0.15) is 4.98 Å². The molecule has 0 unspecified atom stereocenters. The van der Waals surface area contributed by atoms with Crippen LogP contribution in [-0.2, 0) is 0 Å². The van der Waals surface area contributed by atoms with Crippen molar-refractivity contribution in [2.75, 3.05) is 12.3 Å². The summed E-state index contributed by atoms with van der Waals surface area (Å²) < 4.78 is 5.51. The first-order valence-electron chi connectivity index (χ1n) is 4.88. The predicted molar refractivity (Wildman–Crippen MR) is 56.3 cm³/mol. The molecule has 0 saturated heterocycles. The van der Waals surface area contributed by atoms with Crippen LogP contribution in [0.5, 0.6) is 5.88 Å². The number of ether oxygens (including phenoxy) is 1. The zero-order chi connectivity index (χ0) is 10.6. The van der Waals surface area contributed by atoms with Gasteiger partial charge in [0.2, 0.25) is 5.88 Å². The van der Waals surface area contributed by atoms with Gasteiger partial charge in [0.1, 0.15) is 11.6 Å². The van der Waals surface area contributed by atoms with Crippen LogP contribution in [0, 0.1) is 13.8 Å². The van der Waals surface area contributed by atoms with Crippen molar-refractivity contribution in [1.82, 2.24) is 9.97 Å². The van der Waals surface area contributed by atoms with E-state index >= 15 is 0 Å². The van der Waals surface area contributed by atoms with Crippen LogP contribution in [0.15, 0.2) is 0 Å². The van der Waals surface area contributed by atoms with Gasteiger partial charge < -0.3 is 10.5 Å². The quantitative estimate of drug-likeness (QED) is 0.745. The first kappa shape index (κ1) is 10.8. The van der Waals surface area contributed by atoms with Crippen LogP contribution >= 0.6 is 0 Å². The van der Waals surface area contributed by atoms with Crippen LogP contribution in [0.1, 0.15) is 31.2 Å². The number of aromatic nitrogens is 2. The second-order valence-electron chi connectivity index (χ2n) is 3.29. The van der Waals surface area contributed by atoms with Crippen LogP contribution in [0.2, 0.25) is 0 Å². The van der Waals surface area contributed by atoms with E-state index in [0.717, 1.165) is 18.4 Å². The lowest BCUT2D eigenvalue weighted by atomic mass is 10.3. The summed E-state index contributed by atoms with van der Waals surface area (Å²) in [7, 11) is 0. The highest BCUT2D eigenvalue weighted by molar-refractivity contribution is 5.44. The van der Waals surface area contributed by atoms with Crippen molar-refractivity contribution in [1.29, 1.82) is 0 Å². The fraction of sp³-hybridized carbons (Fsp3) is 0.600. The van der Waals surface area contributed by atoms with Crippen LogP contribution < -0.4 is 10.5 Å². The largest absolute Gasteiger partial charge is 0.477 e. The topological polar surface area (TPSA) is 61.0 Å². The number of rotatable bonds is 4.